The van der Waals surface area contributed by atoms with E-state index >= 15 is 0 Å². The Labute approximate surface area is 94.2 Å². The lowest BCUT2D eigenvalue weighted by atomic mass is 9.94. The molecular weight excluding hydrogens is 190 g/mol. The molecule has 3 nitrogen and oxygen atoms in total. The van der Waals surface area contributed by atoms with Crippen LogP contribution >= 0.6 is 0 Å². The van der Waals surface area contributed by atoms with Crippen LogP contribution in [-0.2, 0) is 4.74 Å². The Morgan fingerprint density at radius 3 is 2.40 bits per heavy atom. The molecule has 0 aliphatic carbocycles. The van der Waals surface area contributed by atoms with Crippen LogP contribution in [0.15, 0.2) is 0 Å². The van der Waals surface area contributed by atoms with Gasteiger partial charge in [0.2, 0.25) is 0 Å². The first-order valence-electron chi connectivity index (χ1n) is 5.79. The number of hydrogen-bond donors (Lipinski definition) is 2. The normalized spacial score (nSPS) is 17.8. The van der Waals surface area contributed by atoms with Gasteiger partial charge in [0, 0.05) is 26.8 Å². The summed E-state index contributed by atoms with van der Waals surface area (Å²) in [4.78, 5) is 0. The average molecular weight is 217 g/mol. The molecule has 0 spiro atoms. The lowest BCUT2D eigenvalue weighted by molar-refractivity contribution is 0.0368. The molecule has 0 heterocycles. The SMILES string of the molecule is COCC(C)CNCC(C)(O)CC(C)C. The molecular formula is C12H27NO2. The van der Waals surface area contributed by atoms with E-state index in [-0.39, 0.29) is 0 Å². The van der Waals surface area contributed by atoms with Gasteiger partial charge in [0.15, 0.2) is 0 Å². The van der Waals surface area contributed by atoms with Crippen LogP contribution < -0.4 is 5.32 Å². The van der Waals surface area contributed by atoms with Crippen molar-refractivity contribution in [1.82, 2.24) is 5.32 Å². The topological polar surface area (TPSA) is 41.5 Å². The molecule has 0 rings (SSSR count). The van der Waals surface area contributed by atoms with Gasteiger partial charge in [-0.15, -0.1) is 0 Å². The second-order valence-electron chi connectivity index (χ2n) is 5.29. The van der Waals surface area contributed by atoms with Crippen molar-refractivity contribution in [3.05, 3.63) is 0 Å². The maximum atomic E-state index is 10.0. The highest BCUT2D eigenvalue weighted by molar-refractivity contribution is 4.77. The van der Waals surface area contributed by atoms with Crippen molar-refractivity contribution >= 4 is 0 Å². The second-order valence-corrected chi connectivity index (χ2v) is 5.29. The molecule has 0 amide bonds. The van der Waals surface area contributed by atoms with Gasteiger partial charge in [-0.25, -0.2) is 0 Å². The first-order chi connectivity index (χ1) is 6.87. The van der Waals surface area contributed by atoms with Gasteiger partial charge in [0.05, 0.1) is 5.60 Å². The quantitative estimate of drug-likeness (QED) is 0.649. The highest BCUT2D eigenvalue weighted by atomic mass is 16.5. The zero-order valence-electron chi connectivity index (χ0n) is 10.8. The van der Waals surface area contributed by atoms with E-state index in [1.807, 2.05) is 6.92 Å². The maximum Gasteiger partial charge on any atom is 0.0746 e. The maximum absolute atomic E-state index is 10.0. The molecule has 0 saturated heterocycles. The molecule has 0 aromatic heterocycles. The Balaban J connectivity index is 3.65. The standard InChI is InChI=1S/C12H27NO2/c1-10(2)6-12(4,14)9-13-7-11(3)8-15-5/h10-11,13-14H,6-9H2,1-5H3. The molecule has 2 N–H and O–H groups in total. The lowest BCUT2D eigenvalue weighted by Gasteiger charge is -2.26. The number of rotatable bonds is 8. The van der Waals surface area contributed by atoms with E-state index in [1.54, 1.807) is 7.11 Å². The molecule has 0 aromatic carbocycles. The van der Waals surface area contributed by atoms with Crippen molar-refractivity contribution in [3.63, 3.8) is 0 Å². The molecule has 0 aliphatic heterocycles. The van der Waals surface area contributed by atoms with E-state index in [1.165, 1.54) is 0 Å². The third-order valence-electron chi connectivity index (χ3n) is 2.30. The van der Waals surface area contributed by atoms with Crippen LogP contribution in [0.5, 0.6) is 0 Å². The van der Waals surface area contributed by atoms with Gasteiger partial charge >= 0.3 is 0 Å². The van der Waals surface area contributed by atoms with Crippen molar-refractivity contribution in [3.8, 4) is 0 Å². The van der Waals surface area contributed by atoms with Crippen molar-refractivity contribution in [2.45, 2.75) is 39.7 Å². The minimum absolute atomic E-state index is 0.491. The van der Waals surface area contributed by atoms with Crippen LogP contribution in [-0.4, -0.2) is 37.5 Å². The first-order valence-corrected chi connectivity index (χ1v) is 5.79. The predicted molar refractivity (Wildman–Crippen MR) is 64.0 cm³/mol. The zero-order valence-corrected chi connectivity index (χ0v) is 10.8. The highest BCUT2D eigenvalue weighted by Crippen LogP contribution is 2.14. The summed E-state index contributed by atoms with van der Waals surface area (Å²) in [5, 5.41) is 13.3. The van der Waals surface area contributed by atoms with E-state index in [0.29, 0.717) is 18.4 Å². The van der Waals surface area contributed by atoms with Crippen LogP contribution in [0.3, 0.4) is 0 Å². The fourth-order valence-electron chi connectivity index (χ4n) is 1.88. The Hall–Kier alpha value is -0.120. The molecule has 15 heavy (non-hydrogen) atoms. The fourth-order valence-corrected chi connectivity index (χ4v) is 1.88. The van der Waals surface area contributed by atoms with Gasteiger partial charge in [-0.05, 0) is 25.2 Å². The number of ether oxygens (including phenoxy) is 1. The van der Waals surface area contributed by atoms with Crippen LogP contribution in [0.4, 0.5) is 0 Å². The first kappa shape index (κ1) is 14.9. The van der Waals surface area contributed by atoms with E-state index in [9.17, 15) is 5.11 Å². The Morgan fingerprint density at radius 2 is 1.93 bits per heavy atom. The van der Waals surface area contributed by atoms with Crippen LogP contribution in [0.2, 0.25) is 0 Å². The monoisotopic (exact) mass is 217 g/mol. The van der Waals surface area contributed by atoms with Gasteiger partial charge in [0.25, 0.3) is 0 Å². The Bertz CT molecular complexity index is 158. The molecule has 0 aliphatic rings. The largest absolute Gasteiger partial charge is 0.389 e. The van der Waals surface area contributed by atoms with Gasteiger partial charge < -0.3 is 15.2 Å². The molecule has 0 bridgehead atoms. The minimum Gasteiger partial charge on any atom is -0.389 e. The van der Waals surface area contributed by atoms with E-state index in [2.05, 4.69) is 26.1 Å². The van der Waals surface area contributed by atoms with E-state index < -0.39 is 5.60 Å². The average Bonchev–Trinajstić information content (AvgIpc) is 2.01. The molecule has 92 valence electrons. The Morgan fingerprint density at radius 1 is 1.33 bits per heavy atom. The van der Waals surface area contributed by atoms with Gasteiger partial charge in [-0.1, -0.05) is 20.8 Å². The summed E-state index contributed by atoms with van der Waals surface area (Å²) in [6, 6.07) is 0. The number of hydrogen-bond acceptors (Lipinski definition) is 3. The van der Waals surface area contributed by atoms with Crippen LogP contribution in [0.1, 0.15) is 34.1 Å². The summed E-state index contributed by atoms with van der Waals surface area (Å²) in [7, 11) is 1.71. The van der Waals surface area contributed by atoms with Gasteiger partial charge in [-0.2, -0.15) is 0 Å². The van der Waals surface area contributed by atoms with E-state index in [4.69, 9.17) is 4.74 Å². The molecule has 0 saturated carbocycles. The summed E-state index contributed by atoms with van der Waals surface area (Å²) >= 11 is 0. The smallest absolute Gasteiger partial charge is 0.0746 e. The summed E-state index contributed by atoms with van der Waals surface area (Å²) < 4.78 is 5.05. The lowest BCUT2D eigenvalue weighted by Crippen LogP contribution is -2.40. The van der Waals surface area contributed by atoms with Crippen molar-refractivity contribution < 1.29 is 9.84 Å². The number of methoxy groups -OCH3 is 1. The third kappa shape index (κ3) is 8.85. The summed E-state index contributed by atoms with van der Waals surface area (Å²) in [5.41, 5.74) is -0.596. The minimum atomic E-state index is -0.596. The highest BCUT2D eigenvalue weighted by Gasteiger charge is 2.21. The molecule has 0 radical (unpaired) electrons. The van der Waals surface area contributed by atoms with Crippen molar-refractivity contribution in [2.24, 2.45) is 11.8 Å². The second kappa shape index (κ2) is 7.20. The van der Waals surface area contributed by atoms with Gasteiger partial charge in [0.1, 0.15) is 0 Å². The molecule has 3 heteroatoms. The van der Waals surface area contributed by atoms with Gasteiger partial charge in [-0.3, -0.25) is 0 Å². The molecule has 2 atom stereocenters. The Kier molecular flexibility index (Phi) is 7.14. The third-order valence-corrected chi connectivity index (χ3v) is 2.30. The summed E-state index contributed by atoms with van der Waals surface area (Å²) in [6.45, 7) is 10.6. The van der Waals surface area contributed by atoms with Crippen molar-refractivity contribution in [1.29, 1.82) is 0 Å². The van der Waals surface area contributed by atoms with E-state index in [0.717, 1.165) is 19.6 Å². The fraction of sp³-hybridized carbons (Fsp3) is 1.00. The number of nitrogens with one attached hydrogen (secondary N) is 1. The molecule has 0 fully saturated rings. The van der Waals surface area contributed by atoms with Crippen LogP contribution in [0.25, 0.3) is 0 Å². The molecule has 0 aromatic rings. The van der Waals surface area contributed by atoms with Crippen LogP contribution in [0, 0.1) is 11.8 Å². The summed E-state index contributed by atoms with van der Waals surface area (Å²) in [5.74, 6) is 1.02. The van der Waals surface area contributed by atoms with Crippen molar-refractivity contribution in [2.75, 3.05) is 26.8 Å². The number of aliphatic hydroxyl groups is 1. The summed E-state index contributed by atoms with van der Waals surface area (Å²) in [6.07, 6.45) is 0.832. The molecule has 2 unspecified atom stereocenters. The predicted octanol–water partition coefficient (Wildman–Crippen LogP) is 1.66. The zero-order chi connectivity index (χ0) is 11.9.